The number of carbonyl (C=O) groups excluding carboxylic acids is 1. The molecule has 0 aliphatic rings. The van der Waals surface area contributed by atoms with Crippen LogP contribution in [0.25, 0.3) is 20.9 Å². The third-order valence-corrected chi connectivity index (χ3v) is 1.48. The first kappa shape index (κ1) is 13.1. The Labute approximate surface area is 85.7 Å². The minimum Gasteiger partial charge on any atom is -0.468 e. The Bertz CT molecular complexity index is 292. The van der Waals surface area contributed by atoms with Gasteiger partial charge in [-0.25, -0.2) is 0 Å². The van der Waals surface area contributed by atoms with Crippen LogP contribution in [0.2, 0.25) is 0 Å². The number of esters is 1. The first-order valence-electron chi connectivity index (χ1n) is 4.09. The fourth-order valence-electron chi connectivity index (χ4n) is 0.816. The van der Waals surface area contributed by atoms with Crippen LogP contribution in [0.4, 0.5) is 0 Å². The minimum absolute atomic E-state index is 0.0422. The van der Waals surface area contributed by atoms with Gasteiger partial charge in [0.15, 0.2) is 0 Å². The van der Waals surface area contributed by atoms with E-state index in [0.29, 0.717) is 6.54 Å². The zero-order chi connectivity index (χ0) is 11.5. The molecule has 0 saturated heterocycles. The maximum Gasteiger partial charge on any atom is 0.322 e. The van der Waals surface area contributed by atoms with Crippen molar-refractivity contribution < 1.29 is 9.53 Å². The second kappa shape index (κ2) is 8.64. The lowest BCUT2D eigenvalue weighted by molar-refractivity contribution is -0.142. The van der Waals surface area contributed by atoms with Crippen molar-refractivity contribution in [1.29, 1.82) is 0 Å². The molecule has 1 N–H and O–H groups in total. The van der Waals surface area contributed by atoms with Gasteiger partial charge >= 0.3 is 5.97 Å². The number of hydrogen-bond acceptors (Lipinski definition) is 5. The first-order valence-corrected chi connectivity index (χ1v) is 4.09. The van der Waals surface area contributed by atoms with Crippen molar-refractivity contribution in [2.75, 3.05) is 26.7 Å². The summed E-state index contributed by atoms with van der Waals surface area (Å²) in [6.07, 6.45) is 0. The zero-order valence-corrected chi connectivity index (χ0v) is 8.20. The summed E-state index contributed by atoms with van der Waals surface area (Å²) in [6, 6.07) is -0.709. The van der Waals surface area contributed by atoms with Crippen LogP contribution in [0.3, 0.4) is 0 Å². The normalized spacial score (nSPS) is 10.7. The Balaban J connectivity index is 4.05. The smallest absolute Gasteiger partial charge is 0.322 e. The molecule has 0 aromatic heterocycles. The van der Waals surface area contributed by atoms with Gasteiger partial charge in [0.2, 0.25) is 0 Å². The summed E-state index contributed by atoms with van der Waals surface area (Å²) in [5.74, 6) is -0.525. The molecule has 1 atom stereocenters. The molecule has 1 unspecified atom stereocenters. The number of methoxy groups -OCH3 is 1. The standard InChI is InChI=1S/C6H11N7O2/c1-15-6(14)5(4-11-13-8)9-2-3-10-12-7/h5,9H,2-4H2,1H3. The van der Waals surface area contributed by atoms with E-state index in [1.807, 2.05) is 0 Å². The largest absolute Gasteiger partial charge is 0.468 e. The van der Waals surface area contributed by atoms with Crippen LogP contribution < -0.4 is 5.32 Å². The summed E-state index contributed by atoms with van der Waals surface area (Å²) < 4.78 is 4.48. The lowest BCUT2D eigenvalue weighted by Gasteiger charge is -2.12. The first-order chi connectivity index (χ1) is 7.26. The number of ether oxygens (including phenoxy) is 1. The van der Waals surface area contributed by atoms with E-state index in [9.17, 15) is 4.79 Å². The number of nitrogens with one attached hydrogen (secondary N) is 1. The number of rotatable bonds is 7. The Hall–Kier alpha value is -1.95. The maximum atomic E-state index is 11.1. The molecule has 0 heterocycles. The van der Waals surface area contributed by atoms with Crippen molar-refractivity contribution in [2.24, 2.45) is 10.2 Å². The Morgan fingerprint density at radius 3 is 2.67 bits per heavy atom. The summed E-state index contributed by atoms with van der Waals surface area (Å²) in [6.45, 7) is 0.477. The van der Waals surface area contributed by atoms with E-state index >= 15 is 0 Å². The third-order valence-electron chi connectivity index (χ3n) is 1.48. The highest BCUT2D eigenvalue weighted by Crippen LogP contribution is 1.90. The van der Waals surface area contributed by atoms with Gasteiger partial charge < -0.3 is 10.1 Å². The second-order valence-electron chi connectivity index (χ2n) is 2.40. The van der Waals surface area contributed by atoms with Crippen LogP contribution >= 0.6 is 0 Å². The van der Waals surface area contributed by atoms with E-state index in [0.717, 1.165) is 0 Å². The van der Waals surface area contributed by atoms with Gasteiger partial charge in [-0.1, -0.05) is 10.2 Å². The average molecular weight is 213 g/mol. The minimum atomic E-state index is -0.709. The van der Waals surface area contributed by atoms with Crippen molar-refractivity contribution in [2.45, 2.75) is 6.04 Å². The predicted molar refractivity (Wildman–Crippen MR) is 51.8 cm³/mol. The van der Waals surface area contributed by atoms with Gasteiger partial charge in [-0.05, 0) is 11.1 Å². The monoisotopic (exact) mass is 213 g/mol. The Kier molecular flexibility index (Phi) is 7.52. The topological polar surface area (TPSA) is 136 Å². The van der Waals surface area contributed by atoms with Crippen LogP contribution in [-0.2, 0) is 9.53 Å². The van der Waals surface area contributed by atoms with Crippen LogP contribution in [0.1, 0.15) is 0 Å². The van der Waals surface area contributed by atoms with E-state index in [-0.39, 0.29) is 13.1 Å². The van der Waals surface area contributed by atoms with Crippen molar-refractivity contribution in [3.05, 3.63) is 20.9 Å². The van der Waals surface area contributed by atoms with Gasteiger partial charge in [-0.15, -0.1) is 0 Å². The third kappa shape index (κ3) is 6.17. The van der Waals surface area contributed by atoms with Gasteiger partial charge in [0.05, 0.1) is 13.7 Å². The SMILES string of the molecule is COC(=O)C(CN=[N+]=[N-])NCCN=[N+]=[N-]. The van der Waals surface area contributed by atoms with Gasteiger partial charge in [-0.2, -0.15) is 0 Å². The van der Waals surface area contributed by atoms with Crippen LogP contribution in [-0.4, -0.2) is 38.8 Å². The lowest BCUT2D eigenvalue weighted by Crippen LogP contribution is -2.41. The molecule has 0 aliphatic carbocycles. The fraction of sp³-hybridized carbons (Fsp3) is 0.833. The molecule has 82 valence electrons. The number of nitrogens with zero attached hydrogens (tertiary/aromatic N) is 6. The molecule has 0 radical (unpaired) electrons. The van der Waals surface area contributed by atoms with Crippen molar-refractivity contribution in [3.8, 4) is 0 Å². The van der Waals surface area contributed by atoms with E-state index in [1.165, 1.54) is 7.11 Å². The van der Waals surface area contributed by atoms with Gasteiger partial charge in [-0.3, -0.25) is 4.79 Å². The molecule has 0 rings (SSSR count). The quantitative estimate of drug-likeness (QED) is 0.219. The van der Waals surface area contributed by atoms with Crippen molar-refractivity contribution in [3.63, 3.8) is 0 Å². The molecule has 0 fully saturated rings. The Morgan fingerprint density at radius 2 is 2.13 bits per heavy atom. The van der Waals surface area contributed by atoms with E-state index < -0.39 is 12.0 Å². The molecule has 0 aromatic carbocycles. The molecular formula is C6H11N7O2. The van der Waals surface area contributed by atoms with Gasteiger partial charge in [0.25, 0.3) is 0 Å². The molecule has 9 nitrogen and oxygen atoms in total. The second-order valence-corrected chi connectivity index (χ2v) is 2.40. The highest BCUT2D eigenvalue weighted by molar-refractivity contribution is 5.75. The molecule has 9 heteroatoms. The number of carbonyl (C=O) groups is 1. The molecule has 0 bridgehead atoms. The summed E-state index contributed by atoms with van der Waals surface area (Å²) in [5, 5.41) is 9.26. The number of azide groups is 2. The van der Waals surface area contributed by atoms with Crippen LogP contribution in [0.15, 0.2) is 10.2 Å². The van der Waals surface area contributed by atoms with Crippen LogP contribution in [0, 0.1) is 0 Å². The summed E-state index contributed by atoms with van der Waals surface area (Å²) in [4.78, 5) is 16.2. The summed E-state index contributed by atoms with van der Waals surface area (Å²) in [7, 11) is 1.24. The zero-order valence-electron chi connectivity index (χ0n) is 8.20. The lowest BCUT2D eigenvalue weighted by atomic mass is 10.3. The predicted octanol–water partition coefficient (Wildman–Crippen LogP) is 0.738. The maximum absolute atomic E-state index is 11.1. The fourth-order valence-corrected chi connectivity index (χ4v) is 0.816. The summed E-state index contributed by atoms with van der Waals surface area (Å²) in [5.41, 5.74) is 16.1. The van der Waals surface area contributed by atoms with Gasteiger partial charge in [0.1, 0.15) is 6.04 Å². The van der Waals surface area contributed by atoms with Gasteiger partial charge in [0, 0.05) is 22.9 Å². The highest BCUT2D eigenvalue weighted by atomic mass is 16.5. The van der Waals surface area contributed by atoms with Crippen molar-refractivity contribution >= 4 is 5.97 Å². The Morgan fingerprint density at radius 1 is 1.47 bits per heavy atom. The molecular weight excluding hydrogens is 202 g/mol. The van der Waals surface area contributed by atoms with E-state index in [4.69, 9.17) is 11.1 Å². The van der Waals surface area contributed by atoms with E-state index in [2.05, 4.69) is 30.1 Å². The molecule has 0 aliphatic heterocycles. The van der Waals surface area contributed by atoms with Crippen molar-refractivity contribution in [1.82, 2.24) is 5.32 Å². The average Bonchev–Trinajstić information content (AvgIpc) is 2.27. The molecule has 0 saturated carbocycles. The van der Waals surface area contributed by atoms with Crippen LogP contribution in [0.5, 0.6) is 0 Å². The molecule has 0 amide bonds. The molecule has 0 aromatic rings. The summed E-state index contributed by atoms with van der Waals surface area (Å²) >= 11 is 0. The molecule has 15 heavy (non-hydrogen) atoms. The van der Waals surface area contributed by atoms with E-state index in [1.54, 1.807) is 0 Å². The molecule has 0 spiro atoms. The number of hydrogen-bond donors (Lipinski definition) is 1. The highest BCUT2D eigenvalue weighted by Gasteiger charge is 2.16.